The topological polar surface area (TPSA) is 99.2 Å². The fourth-order valence-corrected chi connectivity index (χ4v) is 3.99. The van der Waals surface area contributed by atoms with Crippen molar-refractivity contribution in [2.45, 2.75) is 12.2 Å². The molecule has 0 fully saturated rings. The minimum Gasteiger partial charge on any atom is -0.475 e. The van der Waals surface area contributed by atoms with Crippen LogP contribution >= 0.6 is 0 Å². The fourth-order valence-electron chi connectivity index (χ4n) is 3.99. The molecule has 2 N–H and O–H groups in total. The molecule has 1 aromatic carbocycles. The summed E-state index contributed by atoms with van der Waals surface area (Å²) in [5.74, 6) is 0.0554. The Morgan fingerprint density at radius 2 is 2.03 bits per heavy atom. The van der Waals surface area contributed by atoms with Crippen LogP contribution in [0.3, 0.4) is 0 Å². The highest BCUT2D eigenvalue weighted by Crippen LogP contribution is 2.39. The van der Waals surface area contributed by atoms with Gasteiger partial charge in [0.1, 0.15) is 12.4 Å². The predicted octanol–water partition coefficient (Wildman–Crippen LogP) is 3.32. The molecular weight excluding hydrogens is 425 g/mol. The van der Waals surface area contributed by atoms with E-state index in [1.807, 2.05) is 0 Å². The Bertz CT molecular complexity index is 1400. The number of rotatable bonds is 2. The maximum atomic E-state index is 13.3. The van der Waals surface area contributed by atoms with Crippen LogP contribution in [-0.2, 0) is 13.2 Å². The van der Waals surface area contributed by atoms with Crippen LogP contribution < -0.4 is 10.5 Å². The Morgan fingerprint density at radius 3 is 2.78 bits per heavy atom. The molecule has 0 spiro atoms. The number of halogens is 3. The number of aromatic nitrogens is 4. The summed E-state index contributed by atoms with van der Waals surface area (Å²) in [6.07, 6.45) is -2.21. The Hall–Kier alpha value is -3.89. The van der Waals surface area contributed by atoms with E-state index >= 15 is 0 Å². The van der Waals surface area contributed by atoms with E-state index in [1.165, 1.54) is 11.9 Å². The van der Waals surface area contributed by atoms with Crippen LogP contribution in [0.4, 0.5) is 19.0 Å². The van der Waals surface area contributed by atoms with Crippen molar-refractivity contribution in [1.29, 1.82) is 0 Å². The van der Waals surface area contributed by atoms with Gasteiger partial charge in [-0.05, 0) is 24.3 Å². The van der Waals surface area contributed by atoms with E-state index in [9.17, 15) is 18.0 Å². The average molecular weight is 442 g/mol. The van der Waals surface area contributed by atoms with Gasteiger partial charge in [-0.15, -0.1) is 0 Å². The summed E-state index contributed by atoms with van der Waals surface area (Å²) in [6, 6.07) is 5.25. The molecule has 1 aliphatic heterocycles. The van der Waals surface area contributed by atoms with Crippen molar-refractivity contribution in [2.75, 3.05) is 19.4 Å². The number of alkyl halides is 3. The third-order valence-corrected chi connectivity index (χ3v) is 5.69. The largest absolute Gasteiger partial charge is 0.475 e. The molecule has 0 aliphatic carbocycles. The Labute approximate surface area is 179 Å². The number of hydrogen-bond acceptors (Lipinski definition) is 6. The first-order valence-electron chi connectivity index (χ1n) is 9.63. The third-order valence-electron chi connectivity index (χ3n) is 5.69. The van der Waals surface area contributed by atoms with Gasteiger partial charge in [0, 0.05) is 36.8 Å². The minimum atomic E-state index is -4.54. The summed E-state index contributed by atoms with van der Waals surface area (Å²) in [6.45, 7) is 0.0174. The number of amides is 1. The van der Waals surface area contributed by atoms with Crippen LogP contribution in [-0.4, -0.2) is 44.2 Å². The molecule has 0 unspecified atom stereocenters. The Balaban J connectivity index is 1.54. The van der Waals surface area contributed by atoms with E-state index in [1.54, 1.807) is 36.1 Å². The monoisotopic (exact) mass is 442 g/mol. The summed E-state index contributed by atoms with van der Waals surface area (Å²) >= 11 is 0. The lowest BCUT2D eigenvalue weighted by atomic mass is 10.0. The summed E-state index contributed by atoms with van der Waals surface area (Å²) < 4.78 is 46.5. The molecule has 0 saturated carbocycles. The number of carbonyl (C=O) groups excluding carboxylic acids is 1. The van der Waals surface area contributed by atoms with E-state index in [-0.39, 0.29) is 24.0 Å². The van der Waals surface area contributed by atoms with Gasteiger partial charge >= 0.3 is 6.18 Å². The van der Waals surface area contributed by atoms with E-state index in [2.05, 4.69) is 15.1 Å². The summed E-state index contributed by atoms with van der Waals surface area (Å²) in [4.78, 5) is 22.7. The minimum absolute atomic E-state index is 0.0174. The number of ether oxygens (including phenoxy) is 1. The molecule has 164 valence electrons. The molecule has 4 heterocycles. The van der Waals surface area contributed by atoms with E-state index in [0.29, 0.717) is 27.7 Å². The average Bonchev–Trinajstić information content (AvgIpc) is 3.36. The van der Waals surface area contributed by atoms with Gasteiger partial charge in [-0.3, -0.25) is 9.48 Å². The van der Waals surface area contributed by atoms with Crippen LogP contribution in [0.5, 0.6) is 5.88 Å². The SMILES string of the molecule is CN(C(=O)c1ccc2nc(N)c3cnn(C)c3c2c1)[C@H]1COc2ncc(C(F)(F)F)cc21. The Kier molecular flexibility index (Phi) is 4.26. The number of pyridine rings is 2. The second-order valence-electron chi connectivity index (χ2n) is 7.62. The number of anilines is 1. The maximum Gasteiger partial charge on any atom is 0.417 e. The second kappa shape index (κ2) is 6.81. The molecule has 1 amide bonds. The molecule has 1 atom stereocenters. The standard InChI is InChI=1S/C21H17F3N6O2/c1-29(16-9-32-19-13(16)6-11(7-26-19)21(22,23)24)20(31)10-3-4-15-12(5-10)17-14(18(25)28-15)8-27-30(17)2/h3-8,16H,9H2,1-2H3,(H2,25,28)/t16-/m0/s1. The number of benzene rings is 1. The van der Waals surface area contributed by atoms with Crippen LogP contribution in [0.1, 0.15) is 27.5 Å². The van der Waals surface area contributed by atoms with Gasteiger partial charge in [0.25, 0.3) is 5.91 Å². The number of nitrogens with zero attached hydrogens (tertiary/aromatic N) is 5. The van der Waals surface area contributed by atoms with E-state index in [4.69, 9.17) is 10.5 Å². The highest BCUT2D eigenvalue weighted by Gasteiger charge is 2.37. The van der Waals surface area contributed by atoms with Gasteiger partial charge < -0.3 is 15.4 Å². The lowest BCUT2D eigenvalue weighted by Crippen LogP contribution is -2.32. The van der Waals surface area contributed by atoms with Gasteiger partial charge in [-0.1, -0.05) is 0 Å². The number of fused-ring (bicyclic) bond motifs is 4. The summed E-state index contributed by atoms with van der Waals surface area (Å²) in [7, 11) is 3.29. The number of likely N-dealkylation sites (N-methyl/N-ethyl adjacent to an activating group) is 1. The zero-order valence-electron chi connectivity index (χ0n) is 17.0. The molecule has 0 bridgehead atoms. The normalized spacial score (nSPS) is 15.7. The number of hydrogen-bond donors (Lipinski definition) is 1. The Morgan fingerprint density at radius 1 is 1.25 bits per heavy atom. The lowest BCUT2D eigenvalue weighted by molar-refractivity contribution is -0.137. The first kappa shape index (κ1) is 20.0. The molecule has 5 rings (SSSR count). The molecule has 1 aliphatic rings. The zero-order valence-corrected chi connectivity index (χ0v) is 17.0. The number of nitrogens with two attached hydrogens (primary N) is 1. The number of nitrogen functional groups attached to an aromatic ring is 1. The van der Waals surface area contributed by atoms with Crippen molar-refractivity contribution in [3.63, 3.8) is 0 Å². The van der Waals surface area contributed by atoms with Crippen LogP contribution in [0.15, 0.2) is 36.7 Å². The van der Waals surface area contributed by atoms with Gasteiger partial charge in [-0.2, -0.15) is 18.3 Å². The van der Waals surface area contributed by atoms with Crippen molar-refractivity contribution in [2.24, 2.45) is 7.05 Å². The van der Waals surface area contributed by atoms with Crippen LogP contribution in [0.25, 0.3) is 21.8 Å². The van der Waals surface area contributed by atoms with E-state index < -0.39 is 17.8 Å². The number of aryl methyl sites for hydroxylation is 1. The van der Waals surface area contributed by atoms with Gasteiger partial charge in [0.05, 0.1) is 34.2 Å². The quantitative estimate of drug-likeness (QED) is 0.511. The zero-order chi connectivity index (χ0) is 22.8. The van der Waals surface area contributed by atoms with Crippen LogP contribution in [0, 0.1) is 0 Å². The highest BCUT2D eigenvalue weighted by atomic mass is 19.4. The second-order valence-corrected chi connectivity index (χ2v) is 7.62. The van der Waals surface area contributed by atoms with E-state index in [0.717, 1.165) is 17.8 Å². The summed E-state index contributed by atoms with van der Waals surface area (Å²) in [5, 5.41) is 5.58. The lowest BCUT2D eigenvalue weighted by Gasteiger charge is -2.24. The molecule has 32 heavy (non-hydrogen) atoms. The highest BCUT2D eigenvalue weighted by molar-refractivity contribution is 6.10. The van der Waals surface area contributed by atoms with Crippen molar-refractivity contribution in [3.05, 3.63) is 53.3 Å². The molecule has 4 aromatic rings. The van der Waals surface area contributed by atoms with Crippen molar-refractivity contribution >= 4 is 33.5 Å². The van der Waals surface area contributed by atoms with Crippen molar-refractivity contribution in [1.82, 2.24) is 24.6 Å². The van der Waals surface area contributed by atoms with Crippen molar-refractivity contribution in [3.8, 4) is 5.88 Å². The third kappa shape index (κ3) is 3.00. The van der Waals surface area contributed by atoms with Crippen molar-refractivity contribution < 1.29 is 22.7 Å². The molecule has 0 saturated heterocycles. The smallest absolute Gasteiger partial charge is 0.417 e. The molecular formula is C21H17F3N6O2. The van der Waals surface area contributed by atoms with Crippen LogP contribution in [0.2, 0.25) is 0 Å². The number of carbonyl (C=O) groups is 1. The molecule has 8 nitrogen and oxygen atoms in total. The molecule has 3 aromatic heterocycles. The first-order chi connectivity index (χ1) is 15.1. The van der Waals surface area contributed by atoms with Gasteiger partial charge in [0.15, 0.2) is 0 Å². The van der Waals surface area contributed by atoms with Gasteiger partial charge in [-0.25, -0.2) is 9.97 Å². The molecule has 11 heteroatoms. The summed E-state index contributed by atoms with van der Waals surface area (Å²) in [5.41, 5.74) is 7.03. The molecule has 0 radical (unpaired) electrons. The fraction of sp³-hybridized carbons (Fsp3) is 0.238. The predicted molar refractivity (Wildman–Crippen MR) is 110 cm³/mol. The maximum absolute atomic E-state index is 13.3. The van der Waals surface area contributed by atoms with Gasteiger partial charge in [0.2, 0.25) is 5.88 Å². The first-order valence-corrected chi connectivity index (χ1v) is 9.63.